The molecule has 0 aliphatic carbocycles. The first-order valence-electron chi connectivity index (χ1n) is 5.28. The number of rotatable bonds is 2. The van der Waals surface area contributed by atoms with Crippen molar-refractivity contribution in [3.8, 4) is 11.5 Å². The van der Waals surface area contributed by atoms with Crippen LogP contribution in [0.3, 0.4) is 0 Å². The summed E-state index contributed by atoms with van der Waals surface area (Å²) in [6, 6.07) is 6.03. The van der Waals surface area contributed by atoms with Crippen molar-refractivity contribution in [1.29, 1.82) is 0 Å². The minimum atomic E-state index is -3.98. The van der Waals surface area contributed by atoms with E-state index >= 15 is 0 Å². The van der Waals surface area contributed by atoms with E-state index in [1.54, 1.807) is 0 Å². The summed E-state index contributed by atoms with van der Waals surface area (Å²) in [4.78, 5) is -0.240. The fourth-order valence-electron chi connectivity index (χ4n) is 1.74. The van der Waals surface area contributed by atoms with Gasteiger partial charge in [0.2, 0.25) is 0 Å². The molecule has 0 atom stereocenters. The van der Waals surface area contributed by atoms with Gasteiger partial charge in [0.15, 0.2) is 11.5 Å². The van der Waals surface area contributed by atoms with E-state index in [1.165, 1.54) is 18.3 Å². The number of alkyl halides is 2. The number of nitrogens with zero attached hydrogens (tertiary/aromatic N) is 1. The third-order valence-electron chi connectivity index (χ3n) is 2.60. The van der Waals surface area contributed by atoms with E-state index in [2.05, 4.69) is 9.47 Å². The summed E-state index contributed by atoms with van der Waals surface area (Å²) in [6.07, 6.45) is -2.55. The summed E-state index contributed by atoms with van der Waals surface area (Å²) in [5.74, 6) is -0.577. The Balaban J connectivity index is 2.08. The molecule has 0 amide bonds. The van der Waals surface area contributed by atoms with E-state index < -0.39 is 16.3 Å². The maximum absolute atomic E-state index is 12.9. The Kier molecular flexibility index (Phi) is 2.70. The molecule has 0 N–H and O–H groups in total. The van der Waals surface area contributed by atoms with Gasteiger partial charge in [0, 0.05) is 12.3 Å². The Hall–Kier alpha value is -1.80. The monoisotopic (exact) mass is 321 g/mol. The SMILES string of the molecule is O=S(=O)(c1ccc2c(c1)OC(F)(F)O2)n1cccc1Cl. The van der Waals surface area contributed by atoms with E-state index in [0.29, 0.717) is 0 Å². The van der Waals surface area contributed by atoms with Crippen LogP contribution in [0.5, 0.6) is 11.5 Å². The van der Waals surface area contributed by atoms with Gasteiger partial charge in [-0.3, -0.25) is 0 Å². The van der Waals surface area contributed by atoms with Gasteiger partial charge in [-0.2, -0.15) is 0 Å². The maximum atomic E-state index is 12.9. The first-order chi connectivity index (χ1) is 9.29. The second-order valence-electron chi connectivity index (χ2n) is 3.91. The zero-order valence-corrected chi connectivity index (χ0v) is 11.2. The minimum absolute atomic E-state index is 0.0204. The van der Waals surface area contributed by atoms with E-state index in [4.69, 9.17) is 11.6 Å². The summed E-state index contributed by atoms with van der Waals surface area (Å²) in [5, 5.41) is -0.0204. The fourth-order valence-corrected chi connectivity index (χ4v) is 3.39. The predicted molar refractivity (Wildman–Crippen MR) is 64.7 cm³/mol. The Morgan fingerprint density at radius 1 is 1.15 bits per heavy atom. The number of fused-ring (bicyclic) bond motifs is 1. The molecule has 1 aromatic heterocycles. The molecule has 0 bridgehead atoms. The van der Waals surface area contributed by atoms with Crippen molar-refractivity contribution in [2.75, 3.05) is 0 Å². The Morgan fingerprint density at radius 3 is 2.50 bits per heavy atom. The molecule has 1 aliphatic rings. The van der Waals surface area contributed by atoms with Crippen LogP contribution >= 0.6 is 11.6 Å². The summed E-state index contributed by atoms with van der Waals surface area (Å²) in [6.45, 7) is 0. The summed E-state index contributed by atoms with van der Waals surface area (Å²) < 4.78 is 59.5. The second-order valence-corrected chi connectivity index (χ2v) is 6.11. The molecular formula is C11H6ClF2NO4S. The van der Waals surface area contributed by atoms with Gasteiger partial charge in [-0.1, -0.05) is 11.6 Å². The predicted octanol–water partition coefficient (Wildman–Crippen LogP) is 2.70. The van der Waals surface area contributed by atoms with Crippen LogP contribution in [0.15, 0.2) is 41.4 Å². The van der Waals surface area contributed by atoms with E-state index in [1.807, 2.05) is 0 Å². The lowest BCUT2D eigenvalue weighted by atomic mass is 10.3. The molecule has 0 saturated heterocycles. The standard InChI is InChI=1S/C11H6ClF2NO4S/c12-10-2-1-5-15(10)20(16,17)7-3-4-8-9(6-7)19-11(13,14)18-8/h1-6H. The van der Waals surface area contributed by atoms with Gasteiger partial charge in [-0.05, 0) is 24.3 Å². The van der Waals surface area contributed by atoms with Crippen molar-refractivity contribution in [2.45, 2.75) is 11.2 Å². The zero-order chi connectivity index (χ0) is 14.5. The number of aromatic nitrogens is 1. The lowest BCUT2D eigenvalue weighted by molar-refractivity contribution is -0.286. The molecule has 106 valence electrons. The van der Waals surface area contributed by atoms with Crippen LogP contribution in [0.1, 0.15) is 0 Å². The van der Waals surface area contributed by atoms with Crippen molar-refractivity contribution in [3.05, 3.63) is 41.7 Å². The van der Waals surface area contributed by atoms with Gasteiger partial charge in [0.1, 0.15) is 5.15 Å². The van der Waals surface area contributed by atoms with Crippen LogP contribution in [-0.4, -0.2) is 18.7 Å². The van der Waals surface area contributed by atoms with Gasteiger partial charge in [0.05, 0.1) is 4.90 Å². The van der Waals surface area contributed by atoms with Crippen LogP contribution in [0.25, 0.3) is 0 Å². The van der Waals surface area contributed by atoms with Crippen LogP contribution in [0.4, 0.5) is 8.78 Å². The minimum Gasteiger partial charge on any atom is -0.395 e. The molecule has 9 heteroatoms. The summed E-state index contributed by atoms with van der Waals surface area (Å²) in [7, 11) is -3.98. The number of benzene rings is 1. The van der Waals surface area contributed by atoms with Crippen molar-refractivity contribution in [2.24, 2.45) is 0 Å². The van der Waals surface area contributed by atoms with Crippen LogP contribution in [0.2, 0.25) is 5.15 Å². The molecule has 2 heterocycles. The first-order valence-corrected chi connectivity index (χ1v) is 7.10. The summed E-state index contributed by atoms with van der Waals surface area (Å²) in [5.41, 5.74) is 0. The van der Waals surface area contributed by atoms with Gasteiger partial charge in [-0.25, -0.2) is 12.4 Å². The number of hydrogen-bond donors (Lipinski definition) is 0. The van der Waals surface area contributed by atoms with Crippen LogP contribution < -0.4 is 9.47 Å². The van der Waals surface area contributed by atoms with E-state index in [9.17, 15) is 17.2 Å². The Labute approximate surface area is 117 Å². The largest absolute Gasteiger partial charge is 0.586 e. The quantitative estimate of drug-likeness (QED) is 0.853. The molecule has 0 radical (unpaired) electrons. The highest BCUT2D eigenvalue weighted by atomic mass is 35.5. The van der Waals surface area contributed by atoms with Gasteiger partial charge in [0.25, 0.3) is 10.0 Å². The maximum Gasteiger partial charge on any atom is 0.586 e. The second kappa shape index (κ2) is 4.10. The highest BCUT2D eigenvalue weighted by Crippen LogP contribution is 2.42. The van der Waals surface area contributed by atoms with Crippen molar-refractivity contribution < 1.29 is 26.7 Å². The molecule has 1 aliphatic heterocycles. The lowest BCUT2D eigenvalue weighted by Gasteiger charge is -2.07. The third kappa shape index (κ3) is 2.01. The average molecular weight is 322 g/mol. The molecule has 0 unspecified atom stereocenters. The molecule has 0 fully saturated rings. The van der Waals surface area contributed by atoms with E-state index in [0.717, 1.165) is 22.2 Å². The van der Waals surface area contributed by atoms with Crippen LogP contribution in [0, 0.1) is 0 Å². The Bertz CT molecular complexity index is 787. The first kappa shape index (κ1) is 13.2. The molecule has 5 nitrogen and oxygen atoms in total. The molecule has 3 rings (SSSR count). The number of halogens is 3. The number of hydrogen-bond acceptors (Lipinski definition) is 4. The van der Waals surface area contributed by atoms with Gasteiger partial charge in [-0.15, -0.1) is 8.78 Å². The highest BCUT2D eigenvalue weighted by molar-refractivity contribution is 7.90. The van der Waals surface area contributed by atoms with Crippen molar-refractivity contribution >= 4 is 21.6 Å². The van der Waals surface area contributed by atoms with E-state index in [-0.39, 0.29) is 21.5 Å². The van der Waals surface area contributed by atoms with Gasteiger partial charge >= 0.3 is 6.29 Å². The molecule has 1 aromatic carbocycles. The molecule has 2 aromatic rings. The highest BCUT2D eigenvalue weighted by Gasteiger charge is 2.43. The average Bonchev–Trinajstić information content (AvgIpc) is 2.89. The molecule has 20 heavy (non-hydrogen) atoms. The topological polar surface area (TPSA) is 57.5 Å². The Morgan fingerprint density at radius 2 is 1.85 bits per heavy atom. The summed E-state index contributed by atoms with van der Waals surface area (Å²) >= 11 is 5.74. The zero-order valence-electron chi connectivity index (χ0n) is 9.59. The van der Waals surface area contributed by atoms with Crippen molar-refractivity contribution in [3.63, 3.8) is 0 Å². The van der Waals surface area contributed by atoms with Gasteiger partial charge < -0.3 is 9.47 Å². The molecular weight excluding hydrogens is 316 g/mol. The smallest absolute Gasteiger partial charge is 0.395 e. The lowest BCUT2D eigenvalue weighted by Crippen LogP contribution is -2.25. The molecule has 0 saturated carbocycles. The molecule has 0 spiro atoms. The normalized spacial score (nSPS) is 16.4. The van der Waals surface area contributed by atoms with Crippen LogP contribution in [-0.2, 0) is 10.0 Å². The third-order valence-corrected chi connectivity index (χ3v) is 4.69. The fraction of sp³-hybridized carbons (Fsp3) is 0.0909. The number of ether oxygens (including phenoxy) is 2. The van der Waals surface area contributed by atoms with Crippen molar-refractivity contribution in [1.82, 2.24) is 3.97 Å².